The lowest BCUT2D eigenvalue weighted by atomic mass is 10.3. The van der Waals surface area contributed by atoms with Crippen molar-refractivity contribution in [2.45, 2.75) is 0 Å². The van der Waals surface area contributed by atoms with Crippen LogP contribution in [0.2, 0.25) is 0 Å². The molecule has 124 valence electrons. The van der Waals surface area contributed by atoms with Gasteiger partial charge in [0, 0.05) is 23.5 Å². The van der Waals surface area contributed by atoms with Crippen molar-refractivity contribution < 1.29 is 13.2 Å². The van der Waals surface area contributed by atoms with E-state index in [-0.39, 0.29) is 5.91 Å². The topological polar surface area (TPSA) is 93.1 Å². The second kappa shape index (κ2) is 6.46. The van der Waals surface area contributed by atoms with Crippen LogP contribution in [-0.4, -0.2) is 30.1 Å². The Kier molecular flexibility index (Phi) is 4.36. The molecule has 9 heteroatoms. The molecule has 0 unspecified atom stereocenters. The van der Waals surface area contributed by atoms with Crippen molar-refractivity contribution in [3.63, 3.8) is 0 Å². The zero-order valence-electron chi connectivity index (χ0n) is 12.6. The zero-order valence-corrected chi connectivity index (χ0v) is 14.3. The van der Waals surface area contributed by atoms with Gasteiger partial charge in [0.15, 0.2) is 5.13 Å². The number of carbonyl (C=O) groups is 1. The van der Waals surface area contributed by atoms with Crippen molar-refractivity contribution >= 4 is 38.6 Å². The highest BCUT2D eigenvalue weighted by atomic mass is 32.2. The predicted octanol–water partition coefficient (Wildman–Crippen LogP) is 2.56. The SMILES string of the molecule is CS(=O)(=O)Nc1cccc(NC(=O)c2csc(-n3cccc3)n2)c1. The van der Waals surface area contributed by atoms with Crippen molar-refractivity contribution in [3.05, 3.63) is 59.9 Å². The van der Waals surface area contributed by atoms with Gasteiger partial charge in [0.2, 0.25) is 10.0 Å². The van der Waals surface area contributed by atoms with Gasteiger partial charge in [-0.2, -0.15) is 0 Å². The minimum absolute atomic E-state index is 0.296. The molecule has 0 atom stereocenters. The molecule has 24 heavy (non-hydrogen) atoms. The third-order valence-corrected chi connectivity index (χ3v) is 4.43. The fourth-order valence-corrected chi connectivity index (χ4v) is 3.35. The Hall–Kier alpha value is -2.65. The fraction of sp³-hybridized carbons (Fsp3) is 0.0667. The molecular weight excluding hydrogens is 348 g/mol. The molecule has 0 fully saturated rings. The molecule has 0 spiro atoms. The second-order valence-corrected chi connectivity index (χ2v) is 7.60. The third kappa shape index (κ3) is 4.00. The van der Waals surface area contributed by atoms with Gasteiger partial charge in [-0.1, -0.05) is 6.07 Å². The van der Waals surface area contributed by atoms with E-state index in [0.29, 0.717) is 22.2 Å². The summed E-state index contributed by atoms with van der Waals surface area (Å²) in [6.07, 6.45) is 4.76. The number of amides is 1. The van der Waals surface area contributed by atoms with Gasteiger partial charge in [0.05, 0.1) is 11.9 Å². The highest BCUT2D eigenvalue weighted by Crippen LogP contribution is 2.19. The highest BCUT2D eigenvalue weighted by Gasteiger charge is 2.12. The average Bonchev–Trinajstić information content (AvgIpc) is 3.17. The molecule has 0 aliphatic carbocycles. The first kappa shape index (κ1) is 16.2. The first-order chi connectivity index (χ1) is 11.4. The van der Waals surface area contributed by atoms with E-state index < -0.39 is 10.0 Å². The van der Waals surface area contributed by atoms with E-state index in [0.717, 1.165) is 6.26 Å². The van der Waals surface area contributed by atoms with E-state index in [1.165, 1.54) is 17.4 Å². The zero-order chi connectivity index (χ0) is 17.2. The summed E-state index contributed by atoms with van der Waals surface area (Å²) >= 11 is 1.36. The average molecular weight is 362 g/mol. The summed E-state index contributed by atoms with van der Waals surface area (Å²) in [7, 11) is -3.37. The van der Waals surface area contributed by atoms with E-state index in [1.807, 2.05) is 29.1 Å². The van der Waals surface area contributed by atoms with E-state index >= 15 is 0 Å². The molecule has 7 nitrogen and oxygen atoms in total. The van der Waals surface area contributed by atoms with Crippen molar-refractivity contribution in [2.75, 3.05) is 16.3 Å². The predicted molar refractivity (Wildman–Crippen MR) is 94.3 cm³/mol. The standard InChI is InChI=1S/C15H14N4O3S2/c1-24(21,22)18-12-6-4-5-11(9-12)16-14(20)13-10-23-15(17-13)19-7-2-3-8-19/h2-10,18H,1H3,(H,16,20). The largest absolute Gasteiger partial charge is 0.321 e. The van der Waals surface area contributed by atoms with E-state index in [4.69, 9.17) is 0 Å². The van der Waals surface area contributed by atoms with Gasteiger partial charge in [0.1, 0.15) is 5.69 Å². The van der Waals surface area contributed by atoms with E-state index in [9.17, 15) is 13.2 Å². The summed E-state index contributed by atoms with van der Waals surface area (Å²) in [6.45, 7) is 0. The number of carbonyl (C=O) groups excluding carboxylic acids is 1. The molecule has 0 bridgehead atoms. The number of benzene rings is 1. The Morgan fingerprint density at radius 3 is 2.58 bits per heavy atom. The van der Waals surface area contributed by atoms with Gasteiger partial charge in [-0.3, -0.25) is 9.52 Å². The maximum atomic E-state index is 12.3. The van der Waals surface area contributed by atoms with Crippen LogP contribution in [0, 0.1) is 0 Å². The van der Waals surface area contributed by atoms with Crippen LogP contribution in [0.3, 0.4) is 0 Å². The Balaban J connectivity index is 1.74. The maximum Gasteiger partial charge on any atom is 0.275 e. The van der Waals surface area contributed by atoms with Crippen LogP contribution in [0.4, 0.5) is 11.4 Å². The summed E-state index contributed by atoms with van der Waals surface area (Å²) in [5.41, 5.74) is 1.15. The van der Waals surface area contributed by atoms with Crippen LogP contribution in [0.5, 0.6) is 0 Å². The van der Waals surface area contributed by atoms with Crippen LogP contribution in [0.15, 0.2) is 54.2 Å². The minimum Gasteiger partial charge on any atom is -0.321 e. The summed E-state index contributed by atoms with van der Waals surface area (Å²) in [5.74, 6) is -0.360. The molecule has 2 heterocycles. The number of rotatable bonds is 5. The van der Waals surface area contributed by atoms with E-state index in [1.54, 1.807) is 23.6 Å². The lowest BCUT2D eigenvalue weighted by Crippen LogP contribution is -2.13. The molecular formula is C15H14N4O3S2. The molecule has 0 saturated heterocycles. The second-order valence-electron chi connectivity index (χ2n) is 5.01. The lowest BCUT2D eigenvalue weighted by molar-refractivity contribution is 0.102. The van der Waals surface area contributed by atoms with Crippen molar-refractivity contribution in [3.8, 4) is 5.13 Å². The Labute approximate surface area is 143 Å². The Morgan fingerprint density at radius 1 is 1.17 bits per heavy atom. The number of nitrogens with one attached hydrogen (secondary N) is 2. The molecule has 0 aliphatic rings. The molecule has 0 radical (unpaired) electrons. The normalized spacial score (nSPS) is 11.2. The van der Waals surface area contributed by atoms with Crippen molar-refractivity contribution in [1.29, 1.82) is 0 Å². The van der Waals surface area contributed by atoms with Gasteiger partial charge in [0.25, 0.3) is 5.91 Å². The molecule has 3 rings (SSSR count). The Morgan fingerprint density at radius 2 is 1.88 bits per heavy atom. The summed E-state index contributed by atoms with van der Waals surface area (Å²) in [5, 5.41) is 5.07. The summed E-state index contributed by atoms with van der Waals surface area (Å²) in [4.78, 5) is 16.6. The van der Waals surface area contributed by atoms with Gasteiger partial charge in [-0.15, -0.1) is 11.3 Å². The van der Waals surface area contributed by atoms with Gasteiger partial charge < -0.3 is 9.88 Å². The lowest BCUT2D eigenvalue weighted by Gasteiger charge is -2.07. The monoisotopic (exact) mass is 362 g/mol. The van der Waals surface area contributed by atoms with Gasteiger partial charge in [-0.05, 0) is 30.3 Å². The van der Waals surface area contributed by atoms with Crippen LogP contribution >= 0.6 is 11.3 Å². The molecule has 1 aromatic carbocycles. The number of anilines is 2. The molecule has 2 aromatic heterocycles. The summed E-state index contributed by atoms with van der Waals surface area (Å²) in [6, 6.07) is 10.2. The summed E-state index contributed by atoms with van der Waals surface area (Å²) < 4.78 is 26.7. The molecule has 0 saturated carbocycles. The third-order valence-electron chi connectivity index (χ3n) is 2.97. The highest BCUT2D eigenvalue weighted by molar-refractivity contribution is 7.92. The molecule has 2 N–H and O–H groups in total. The molecule has 1 amide bonds. The van der Waals surface area contributed by atoms with Crippen LogP contribution in [-0.2, 0) is 10.0 Å². The van der Waals surface area contributed by atoms with Crippen LogP contribution in [0.25, 0.3) is 5.13 Å². The fourth-order valence-electron chi connectivity index (χ4n) is 2.02. The number of thiazole rings is 1. The molecule has 3 aromatic rings. The number of hydrogen-bond acceptors (Lipinski definition) is 5. The van der Waals surface area contributed by atoms with Gasteiger partial charge in [-0.25, -0.2) is 13.4 Å². The number of sulfonamides is 1. The van der Waals surface area contributed by atoms with Gasteiger partial charge >= 0.3 is 0 Å². The maximum absolute atomic E-state index is 12.3. The Bertz CT molecular complexity index is 962. The quantitative estimate of drug-likeness (QED) is 0.729. The minimum atomic E-state index is -3.37. The van der Waals surface area contributed by atoms with Crippen molar-refractivity contribution in [2.24, 2.45) is 0 Å². The van der Waals surface area contributed by atoms with Crippen molar-refractivity contribution in [1.82, 2.24) is 9.55 Å². The van der Waals surface area contributed by atoms with Crippen LogP contribution < -0.4 is 10.0 Å². The number of nitrogens with zero attached hydrogens (tertiary/aromatic N) is 2. The first-order valence-corrected chi connectivity index (χ1v) is 9.66. The number of aromatic nitrogens is 2. The van der Waals surface area contributed by atoms with E-state index in [2.05, 4.69) is 15.0 Å². The van der Waals surface area contributed by atoms with Crippen LogP contribution in [0.1, 0.15) is 10.5 Å². The smallest absolute Gasteiger partial charge is 0.275 e. The first-order valence-electron chi connectivity index (χ1n) is 6.89. The molecule has 0 aliphatic heterocycles. The number of hydrogen-bond donors (Lipinski definition) is 2.